The number of hydrogen-bond donors (Lipinski definition) is 1. The van der Waals surface area contributed by atoms with Crippen LogP contribution in [0.3, 0.4) is 0 Å². The normalized spacial score (nSPS) is 10.6. The average Bonchev–Trinajstić information content (AvgIpc) is 3.28. The van der Waals surface area contributed by atoms with E-state index in [9.17, 15) is 14.9 Å². The molecule has 0 radical (unpaired) electrons. The van der Waals surface area contributed by atoms with Crippen molar-refractivity contribution in [1.29, 1.82) is 0 Å². The molecule has 28 heavy (non-hydrogen) atoms. The van der Waals surface area contributed by atoms with Crippen molar-refractivity contribution >= 4 is 28.9 Å². The van der Waals surface area contributed by atoms with Gasteiger partial charge in [0.1, 0.15) is 6.20 Å². The fourth-order valence-electron chi connectivity index (χ4n) is 2.53. The van der Waals surface area contributed by atoms with Gasteiger partial charge in [0.2, 0.25) is 5.91 Å². The first-order chi connectivity index (χ1) is 13.5. The van der Waals surface area contributed by atoms with Gasteiger partial charge in [0.05, 0.1) is 37.0 Å². The van der Waals surface area contributed by atoms with Crippen LogP contribution in [0.4, 0.5) is 11.4 Å². The number of rotatable bonds is 8. The third-order valence-corrected chi connectivity index (χ3v) is 4.24. The van der Waals surface area contributed by atoms with Crippen LogP contribution in [0.15, 0.2) is 42.9 Å². The first-order valence-corrected chi connectivity index (χ1v) is 8.65. The smallest absolute Gasteiger partial charge is 0.350 e. The highest BCUT2D eigenvalue weighted by Gasteiger charge is 2.20. The van der Waals surface area contributed by atoms with Gasteiger partial charge in [-0.15, -0.1) is 5.10 Å². The Kier molecular flexibility index (Phi) is 5.90. The van der Waals surface area contributed by atoms with Crippen molar-refractivity contribution in [3.05, 3.63) is 63.6 Å². The molecular weight excluding hydrogens is 388 g/mol. The van der Waals surface area contributed by atoms with E-state index >= 15 is 0 Å². The molecule has 0 saturated carbocycles. The van der Waals surface area contributed by atoms with Crippen molar-refractivity contribution in [1.82, 2.24) is 19.6 Å². The Morgan fingerprint density at radius 3 is 2.79 bits per heavy atom. The number of ether oxygens (including phenoxy) is 1. The minimum Gasteiger partial charge on any atom is -0.475 e. The summed E-state index contributed by atoms with van der Waals surface area (Å²) in [5, 5.41) is 22.4. The monoisotopic (exact) mass is 404 g/mol. The van der Waals surface area contributed by atoms with E-state index in [1.54, 1.807) is 16.9 Å². The number of hydrogen-bond acceptors (Lipinski definition) is 6. The van der Waals surface area contributed by atoms with Gasteiger partial charge < -0.3 is 10.1 Å². The number of aromatic nitrogens is 4. The molecule has 0 saturated heterocycles. The fraction of sp³-hybridized carbons (Fsp3) is 0.235. The lowest BCUT2D eigenvalue weighted by Gasteiger charge is -2.04. The molecule has 2 aromatic heterocycles. The first kappa shape index (κ1) is 19.4. The zero-order valence-electron chi connectivity index (χ0n) is 14.9. The maximum absolute atomic E-state index is 12.1. The highest BCUT2D eigenvalue weighted by Crippen LogP contribution is 2.24. The minimum absolute atomic E-state index is 0.0810. The lowest BCUT2D eigenvalue weighted by atomic mass is 10.2. The van der Waals surface area contributed by atoms with Crippen LogP contribution >= 0.6 is 11.6 Å². The third-order valence-electron chi connectivity index (χ3n) is 3.87. The molecule has 0 fully saturated rings. The number of amides is 1. The summed E-state index contributed by atoms with van der Waals surface area (Å²) >= 11 is 6.14. The number of nitro groups is 1. The first-order valence-electron chi connectivity index (χ1n) is 8.28. The van der Waals surface area contributed by atoms with Crippen molar-refractivity contribution in [3.63, 3.8) is 0 Å². The maximum atomic E-state index is 12.1. The van der Waals surface area contributed by atoms with Crippen LogP contribution in [0, 0.1) is 10.1 Å². The summed E-state index contributed by atoms with van der Waals surface area (Å²) in [6, 6.07) is 7.45. The van der Waals surface area contributed by atoms with Crippen LogP contribution in [0.25, 0.3) is 0 Å². The highest BCUT2D eigenvalue weighted by molar-refractivity contribution is 6.31. The van der Waals surface area contributed by atoms with Crippen molar-refractivity contribution < 1.29 is 14.5 Å². The Balaban J connectivity index is 1.55. The third kappa shape index (κ3) is 4.65. The standard InChI is InChI=1S/C17H17ClN6O4/c1-28-17-15(24(26)27)11-22(21-17)7-6-16(25)20-13-8-19-23(10-13)9-12-4-2-3-5-14(12)18/h2-5,8,10-11H,6-7,9H2,1H3,(H,20,25). The number of carbonyl (C=O) groups is 1. The van der Waals surface area contributed by atoms with Crippen molar-refractivity contribution in [3.8, 4) is 5.88 Å². The molecule has 11 heteroatoms. The largest absolute Gasteiger partial charge is 0.475 e. The number of anilines is 1. The molecule has 146 valence electrons. The summed E-state index contributed by atoms with van der Waals surface area (Å²) in [4.78, 5) is 22.4. The quantitative estimate of drug-likeness (QED) is 0.455. The summed E-state index contributed by atoms with van der Waals surface area (Å²) in [6.07, 6.45) is 4.55. The summed E-state index contributed by atoms with van der Waals surface area (Å²) in [5.74, 6) is -0.360. The summed E-state index contributed by atoms with van der Waals surface area (Å²) in [6.45, 7) is 0.649. The molecule has 0 spiro atoms. The van der Waals surface area contributed by atoms with E-state index in [1.165, 1.54) is 24.2 Å². The van der Waals surface area contributed by atoms with Crippen LogP contribution in [-0.2, 0) is 17.9 Å². The molecule has 2 heterocycles. The van der Waals surface area contributed by atoms with Crippen LogP contribution in [0.5, 0.6) is 5.88 Å². The van der Waals surface area contributed by atoms with Gasteiger partial charge >= 0.3 is 11.6 Å². The molecule has 0 aliphatic rings. The van der Waals surface area contributed by atoms with Gasteiger partial charge in [-0.1, -0.05) is 29.8 Å². The van der Waals surface area contributed by atoms with E-state index in [-0.39, 0.29) is 30.4 Å². The fourth-order valence-corrected chi connectivity index (χ4v) is 2.73. The lowest BCUT2D eigenvalue weighted by Crippen LogP contribution is -2.14. The Hall–Kier alpha value is -3.40. The van der Waals surface area contributed by atoms with E-state index in [4.69, 9.17) is 16.3 Å². The maximum Gasteiger partial charge on any atom is 0.350 e. The van der Waals surface area contributed by atoms with Crippen LogP contribution in [0.2, 0.25) is 5.02 Å². The zero-order valence-corrected chi connectivity index (χ0v) is 15.7. The molecule has 0 unspecified atom stereocenters. The number of halogens is 1. The summed E-state index contributed by atoms with van der Waals surface area (Å²) in [5.41, 5.74) is 1.21. The van der Waals surface area contributed by atoms with E-state index in [2.05, 4.69) is 15.5 Å². The Labute approximate surface area is 164 Å². The zero-order chi connectivity index (χ0) is 20.1. The number of nitrogens with one attached hydrogen (secondary N) is 1. The number of nitrogens with zero attached hydrogens (tertiary/aromatic N) is 5. The predicted molar refractivity (Wildman–Crippen MR) is 101 cm³/mol. The molecule has 1 N–H and O–H groups in total. The topological polar surface area (TPSA) is 117 Å². The van der Waals surface area contributed by atoms with Crippen LogP contribution in [-0.4, -0.2) is 37.5 Å². The van der Waals surface area contributed by atoms with E-state index in [0.29, 0.717) is 17.3 Å². The second kappa shape index (κ2) is 8.53. The van der Waals surface area contributed by atoms with Gasteiger partial charge in [-0.2, -0.15) is 5.10 Å². The molecule has 0 atom stereocenters. The van der Waals surface area contributed by atoms with Crippen LogP contribution in [0.1, 0.15) is 12.0 Å². The second-order valence-electron chi connectivity index (χ2n) is 5.86. The molecule has 3 aromatic rings. The summed E-state index contributed by atoms with van der Waals surface area (Å²) in [7, 11) is 1.30. The van der Waals surface area contributed by atoms with Crippen molar-refractivity contribution in [2.24, 2.45) is 0 Å². The van der Waals surface area contributed by atoms with Gasteiger partial charge in [0, 0.05) is 17.6 Å². The van der Waals surface area contributed by atoms with Crippen molar-refractivity contribution in [2.75, 3.05) is 12.4 Å². The number of methoxy groups -OCH3 is 1. The lowest BCUT2D eigenvalue weighted by molar-refractivity contribution is -0.385. The SMILES string of the molecule is COc1nn(CCC(=O)Nc2cnn(Cc3ccccc3Cl)c2)cc1[N+](=O)[O-]. The Morgan fingerprint density at radius 2 is 2.11 bits per heavy atom. The molecule has 0 aliphatic heterocycles. The molecule has 1 amide bonds. The number of benzene rings is 1. The van der Waals surface area contributed by atoms with Gasteiger partial charge in [0.25, 0.3) is 0 Å². The van der Waals surface area contributed by atoms with E-state index in [1.807, 2.05) is 18.2 Å². The van der Waals surface area contributed by atoms with Crippen LogP contribution < -0.4 is 10.1 Å². The van der Waals surface area contributed by atoms with Crippen molar-refractivity contribution in [2.45, 2.75) is 19.5 Å². The average molecular weight is 405 g/mol. The minimum atomic E-state index is -0.588. The highest BCUT2D eigenvalue weighted by atomic mass is 35.5. The predicted octanol–water partition coefficient (Wildman–Crippen LogP) is 2.73. The molecule has 1 aromatic carbocycles. The molecule has 3 rings (SSSR count). The molecule has 10 nitrogen and oxygen atoms in total. The van der Waals surface area contributed by atoms with Gasteiger partial charge in [-0.3, -0.25) is 24.3 Å². The molecular formula is C17H17ClN6O4. The Morgan fingerprint density at radius 1 is 1.32 bits per heavy atom. The molecule has 0 bridgehead atoms. The van der Waals surface area contributed by atoms with Gasteiger partial charge in [-0.25, -0.2) is 0 Å². The van der Waals surface area contributed by atoms with Gasteiger partial charge in [0.15, 0.2) is 0 Å². The Bertz CT molecular complexity index is 999. The summed E-state index contributed by atoms with van der Waals surface area (Å²) < 4.78 is 7.82. The molecule has 0 aliphatic carbocycles. The van der Waals surface area contributed by atoms with Gasteiger partial charge in [-0.05, 0) is 11.6 Å². The van der Waals surface area contributed by atoms with E-state index < -0.39 is 4.92 Å². The second-order valence-corrected chi connectivity index (χ2v) is 6.27. The van der Waals surface area contributed by atoms with E-state index in [0.717, 1.165) is 5.56 Å². The number of carbonyl (C=O) groups excluding carboxylic acids is 1. The number of aryl methyl sites for hydroxylation is 1.